The van der Waals surface area contributed by atoms with E-state index in [-0.39, 0.29) is 24.0 Å². The molecule has 1 spiro atoms. The molecule has 4 fully saturated rings. The molecular weight excluding hydrogens is 451 g/mol. The topological polar surface area (TPSA) is 48.9 Å². The molecule has 0 aromatic carbocycles. The van der Waals surface area contributed by atoms with Crippen LogP contribution >= 0.6 is 24.0 Å². The highest BCUT2D eigenvalue weighted by molar-refractivity contribution is 14.0. The van der Waals surface area contributed by atoms with E-state index in [1.54, 1.807) is 0 Å². The zero-order chi connectivity index (χ0) is 18.1. The number of nitrogens with one attached hydrogen (secondary N) is 2. The van der Waals surface area contributed by atoms with Crippen LogP contribution in [0.1, 0.15) is 59.3 Å². The normalized spacial score (nSPS) is 33.2. The summed E-state index contributed by atoms with van der Waals surface area (Å²) in [4.78, 5) is 7.40. The molecule has 0 aromatic heterocycles. The summed E-state index contributed by atoms with van der Waals surface area (Å²) in [6, 6.07) is 1.13. The number of rotatable bonds is 5. The van der Waals surface area contributed by atoms with Gasteiger partial charge in [0.15, 0.2) is 5.96 Å². The van der Waals surface area contributed by atoms with Gasteiger partial charge < -0.3 is 20.3 Å². The molecule has 156 valence electrons. The molecule has 27 heavy (non-hydrogen) atoms. The summed E-state index contributed by atoms with van der Waals surface area (Å²) >= 11 is 0. The maximum Gasteiger partial charge on any atom is 0.191 e. The molecular formula is C21H39IN4O. The van der Waals surface area contributed by atoms with Crippen LogP contribution in [0.15, 0.2) is 4.99 Å². The van der Waals surface area contributed by atoms with Gasteiger partial charge in [-0.25, -0.2) is 0 Å². The third kappa shape index (κ3) is 4.27. The number of nitrogens with zero attached hydrogens (tertiary/aromatic N) is 2. The van der Waals surface area contributed by atoms with Crippen LogP contribution in [-0.2, 0) is 4.74 Å². The van der Waals surface area contributed by atoms with Crippen molar-refractivity contribution in [2.75, 3.05) is 32.8 Å². The van der Waals surface area contributed by atoms with Crippen LogP contribution in [0.25, 0.3) is 0 Å². The number of halogens is 1. The van der Waals surface area contributed by atoms with Crippen molar-refractivity contribution in [1.29, 1.82) is 0 Å². The summed E-state index contributed by atoms with van der Waals surface area (Å²) in [5.41, 5.74) is 0.415. The first-order valence-electron chi connectivity index (χ1n) is 11.0. The van der Waals surface area contributed by atoms with Gasteiger partial charge in [0.2, 0.25) is 0 Å². The molecule has 2 heterocycles. The first-order chi connectivity index (χ1) is 12.6. The Morgan fingerprint density at radius 1 is 1.19 bits per heavy atom. The van der Waals surface area contributed by atoms with E-state index in [9.17, 15) is 0 Å². The zero-order valence-corrected chi connectivity index (χ0v) is 19.7. The summed E-state index contributed by atoms with van der Waals surface area (Å²) in [6.07, 6.45) is 8.22. The van der Waals surface area contributed by atoms with Crippen LogP contribution in [0.3, 0.4) is 0 Å². The number of aliphatic imine (C=N–C) groups is 1. The SMILES string of the molecule is CCN=C(NC1CCN(CC(C)C)CC1)NC1C2CCOC2C12CCC2.I. The molecule has 2 aliphatic heterocycles. The van der Waals surface area contributed by atoms with E-state index < -0.39 is 0 Å². The van der Waals surface area contributed by atoms with Gasteiger partial charge in [-0.05, 0) is 44.9 Å². The summed E-state index contributed by atoms with van der Waals surface area (Å²) in [7, 11) is 0. The average molecular weight is 490 g/mol. The third-order valence-corrected chi connectivity index (χ3v) is 7.20. The predicted octanol–water partition coefficient (Wildman–Crippen LogP) is 3.24. The van der Waals surface area contributed by atoms with Gasteiger partial charge in [0.25, 0.3) is 0 Å². The average Bonchev–Trinajstić information content (AvgIpc) is 2.98. The summed E-state index contributed by atoms with van der Waals surface area (Å²) in [5, 5.41) is 7.62. The van der Waals surface area contributed by atoms with E-state index >= 15 is 0 Å². The van der Waals surface area contributed by atoms with Crippen molar-refractivity contribution in [1.82, 2.24) is 15.5 Å². The van der Waals surface area contributed by atoms with Crippen molar-refractivity contribution in [2.45, 2.75) is 77.5 Å². The largest absolute Gasteiger partial charge is 0.377 e. The molecule has 4 aliphatic rings. The number of hydrogen-bond acceptors (Lipinski definition) is 3. The van der Waals surface area contributed by atoms with Gasteiger partial charge in [0.05, 0.1) is 6.10 Å². The fraction of sp³-hybridized carbons (Fsp3) is 0.952. The van der Waals surface area contributed by atoms with Gasteiger partial charge >= 0.3 is 0 Å². The molecule has 2 aliphatic carbocycles. The first-order valence-corrected chi connectivity index (χ1v) is 11.0. The maximum absolute atomic E-state index is 6.07. The Morgan fingerprint density at radius 3 is 2.52 bits per heavy atom. The minimum absolute atomic E-state index is 0. The molecule has 0 amide bonds. The summed E-state index contributed by atoms with van der Waals surface area (Å²) in [5.74, 6) is 2.51. The van der Waals surface area contributed by atoms with Crippen LogP contribution in [0, 0.1) is 17.3 Å². The van der Waals surface area contributed by atoms with Gasteiger partial charge in [-0.3, -0.25) is 4.99 Å². The Balaban J connectivity index is 0.00000210. The van der Waals surface area contributed by atoms with Crippen molar-refractivity contribution in [3.63, 3.8) is 0 Å². The van der Waals surface area contributed by atoms with E-state index in [1.165, 1.54) is 58.2 Å². The van der Waals surface area contributed by atoms with Gasteiger partial charge in [0.1, 0.15) is 0 Å². The number of fused-ring (bicyclic) bond motifs is 2. The number of piperidine rings is 1. The summed E-state index contributed by atoms with van der Waals surface area (Å²) in [6.45, 7) is 12.2. The molecule has 5 nitrogen and oxygen atoms in total. The molecule has 0 radical (unpaired) electrons. The highest BCUT2D eigenvalue weighted by atomic mass is 127. The van der Waals surface area contributed by atoms with Crippen molar-refractivity contribution >= 4 is 29.9 Å². The Labute approximate surface area is 182 Å². The van der Waals surface area contributed by atoms with E-state index in [1.807, 2.05) is 0 Å². The molecule has 3 unspecified atom stereocenters. The molecule has 2 saturated carbocycles. The lowest BCUT2D eigenvalue weighted by molar-refractivity contribution is -0.171. The second-order valence-electron chi connectivity index (χ2n) is 9.39. The van der Waals surface area contributed by atoms with Crippen molar-refractivity contribution < 1.29 is 4.74 Å². The van der Waals surface area contributed by atoms with Crippen LogP contribution in [0.5, 0.6) is 0 Å². The van der Waals surface area contributed by atoms with E-state index in [0.717, 1.165) is 25.0 Å². The minimum Gasteiger partial charge on any atom is -0.377 e. The molecule has 2 saturated heterocycles. The Morgan fingerprint density at radius 2 is 1.93 bits per heavy atom. The predicted molar refractivity (Wildman–Crippen MR) is 122 cm³/mol. The van der Waals surface area contributed by atoms with Gasteiger partial charge in [-0.2, -0.15) is 0 Å². The van der Waals surface area contributed by atoms with Crippen LogP contribution in [-0.4, -0.2) is 61.8 Å². The monoisotopic (exact) mass is 490 g/mol. The minimum atomic E-state index is 0. The van der Waals surface area contributed by atoms with Gasteiger partial charge in [-0.15, -0.1) is 24.0 Å². The Hall–Kier alpha value is -0.0800. The molecule has 4 rings (SSSR count). The molecule has 0 bridgehead atoms. The van der Waals surface area contributed by atoms with Gasteiger partial charge in [-0.1, -0.05) is 20.3 Å². The highest BCUT2D eigenvalue weighted by Crippen LogP contribution is 2.62. The number of likely N-dealkylation sites (tertiary alicyclic amines) is 1. The standard InChI is InChI=1S/C21H38N4O.HI/c1-4-22-20(23-16-6-11-25(12-7-16)14-15(2)3)24-18-17-8-13-26-19(17)21(18)9-5-10-21;/h15-19H,4-14H2,1-3H3,(H2,22,23,24);1H. The smallest absolute Gasteiger partial charge is 0.191 e. The second-order valence-corrected chi connectivity index (χ2v) is 9.39. The Bertz CT molecular complexity index is 514. The lowest BCUT2D eigenvalue weighted by atomic mass is 9.46. The lowest BCUT2D eigenvalue weighted by Crippen LogP contribution is -2.72. The number of hydrogen-bond donors (Lipinski definition) is 2. The fourth-order valence-corrected chi connectivity index (χ4v) is 5.86. The maximum atomic E-state index is 6.07. The molecule has 6 heteroatoms. The molecule has 3 atom stereocenters. The second kappa shape index (κ2) is 9.16. The zero-order valence-electron chi connectivity index (χ0n) is 17.4. The van der Waals surface area contributed by atoms with Crippen LogP contribution in [0.4, 0.5) is 0 Å². The van der Waals surface area contributed by atoms with Crippen molar-refractivity contribution in [2.24, 2.45) is 22.2 Å². The van der Waals surface area contributed by atoms with E-state index in [4.69, 9.17) is 9.73 Å². The highest BCUT2D eigenvalue weighted by Gasteiger charge is 2.66. The summed E-state index contributed by atoms with van der Waals surface area (Å²) < 4.78 is 6.07. The van der Waals surface area contributed by atoms with E-state index in [0.29, 0.717) is 29.5 Å². The fourth-order valence-electron chi connectivity index (χ4n) is 5.86. The lowest BCUT2D eigenvalue weighted by Gasteiger charge is -2.63. The van der Waals surface area contributed by atoms with E-state index in [2.05, 4.69) is 36.3 Å². The Kier molecular flexibility index (Phi) is 7.34. The van der Waals surface area contributed by atoms with Crippen molar-refractivity contribution in [3.8, 4) is 0 Å². The number of guanidine groups is 1. The first kappa shape index (κ1) is 21.6. The van der Waals surface area contributed by atoms with Crippen LogP contribution < -0.4 is 10.6 Å². The van der Waals surface area contributed by atoms with Crippen LogP contribution in [0.2, 0.25) is 0 Å². The number of ether oxygens (including phenoxy) is 1. The van der Waals surface area contributed by atoms with Gasteiger partial charge in [0, 0.05) is 56.2 Å². The molecule has 2 N–H and O–H groups in total. The quantitative estimate of drug-likeness (QED) is 0.353. The molecule has 0 aromatic rings. The third-order valence-electron chi connectivity index (χ3n) is 7.20. The van der Waals surface area contributed by atoms with Crippen molar-refractivity contribution in [3.05, 3.63) is 0 Å².